The highest BCUT2D eigenvalue weighted by molar-refractivity contribution is 5.34. The smallest absolute Gasteiger partial charge is 0.123 e. The van der Waals surface area contributed by atoms with Crippen molar-refractivity contribution in [2.75, 3.05) is 5.73 Å². The van der Waals surface area contributed by atoms with Crippen LogP contribution in [0.15, 0.2) is 42.7 Å². The lowest BCUT2D eigenvalue weighted by molar-refractivity contribution is 0.625. The van der Waals surface area contributed by atoms with Gasteiger partial charge in [-0.3, -0.25) is 0 Å². The third kappa shape index (κ3) is 2.59. The van der Waals surface area contributed by atoms with Crippen LogP contribution in [0, 0.1) is 5.82 Å². The van der Waals surface area contributed by atoms with Crippen LogP contribution in [-0.4, -0.2) is 4.57 Å². The molecule has 0 saturated carbocycles. The van der Waals surface area contributed by atoms with E-state index in [0.29, 0.717) is 0 Å². The molecule has 1 aromatic carbocycles. The van der Waals surface area contributed by atoms with Gasteiger partial charge in [0.1, 0.15) is 5.82 Å². The maximum Gasteiger partial charge on any atom is 0.123 e. The first kappa shape index (κ1) is 9.77. The second-order valence-corrected chi connectivity index (χ2v) is 3.56. The molecular formula is C12H13FN2. The van der Waals surface area contributed by atoms with Gasteiger partial charge in [0.15, 0.2) is 0 Å². The maximum absolute atomic E-state index is 12.6. The summed E-state index contributed by atoms with van der Waals surface area (Å²) in [4.78, 5) is 0. The van der Waals surface area contributed by atoms with Gasteiger partial charge >= 0.3 is 0 Å². The number of hydrogen-bond donors (Lipinski definition) is 1. The first-order valence-corrected chi connectivity index (χ1v) is 4.90. The van der Waals surface area contributed by atoms with Gasteiger partial charge in [-0.05, 0) is 30.2 Å². The van der Waals surface area contributed by atoms with Gasteiger partial charge in [-0.2, -0.15) is 0 Å². The van der Waals surface area contributed by atoms with Gasteiger partial charge in [0.25, 0.3) is 0 Å². The van der Waals surface area contributed by atoms with Crippen LogP contribution in [0.25, 0.3) is 0 Å². The Labute approximate surface area is 88.1 Å². The molecule has 78 valence electrons. The Morgan fingerprint density at radius 1 is 1.13 bits per heavy atom. The van der Waals surface area contributed by atoms with Gasteiger partial charge < -0.3 is 10.3 Å². The van der Waals surface area contributed by atoms with E-state index in [1.165, 1.54) is 12.1 Å². The maximum atomic E-state index is 12.6. The summed E-state index contributed by atoms with van der Waals surface area (Å²) in [6.45, 7) is 0.864. The number of rotatable bonds is 3. The average Bonchev–Trinajstić information content (AvgIpc) is 2.64. The summed E-state index contributed by atoms with van der Waals surface area (Å²) in [7, 11) is 0. The Hall–Kier alpha value is -1.77. The standard InChI is InChI=1S/C12H13FN2/c13-11-3-1-10(2-4-11)5-7-15-8-6-12(14)9-15/h1-4,6,8-9H,5,7,14H2. The zero-order chi connectivity index (χ0) is 10.7. The van der Waals surface area contributed by atoms with Crippen molar-refractivity contribution in [2.45, 2.75) is 13.0 Å². The summed E-state index contributed by atoms with van der Waals surface area (Å²) in [6, 6.07) is 8.45. The molecule has 0 unspecified atom stereocenters. The van der Waals surface area contributed by atoms with Crippen LogP contribution in [0.4, 0.5) is 10.1 Å². The summed E-state index contributed by atoms with van der Waals surface area (Å²) in [5, 5.41) is 0. The molecule has 0 aliphatic carbocycles. The van der Waals surface area contributed by atoms with Crippen molar-refractivity contribution in [2.24, 2.45) is 0 Å². The number of aryl methyl sites for hydroxylation is 2. The monoisotopic (exact) mass is 204 g/mol. The first-order chi connectivity index (χ1) is 7.24. The van der Waals surface area contributed by atoms with Crippen molar-refractivity contribution < 1.29 is 4.39 Å². The van der Waals surface area contributed by atoms with Gasteiger partial charge in [0.05, 0.1) is 0 Å². The van der Waals surface area contributed by atoms with E-state index < -0.39 is 0 Å². The molecule has 0 fully saturated rings. The molecule has 0 atom stereocenters. The van der Waals surface area contributed by atoms with Crippen LogP contribution >= 0.6 is 0 Å². The topological polar surface area (TPSA) is 30.9 Å². The molecule has 1 aromatic heterocycles. The van der Waals surface area contributed by atoms with E-state index in [4.69, 9.17) is 5.73 Å². The average molecular weight is 204 g/mol. The van der Waals surface area contributed by atoms with E-state index in [-0.39, 0.29) is 5.82 Å². The Bertz CT molecular complexity index is 431. The summed E-state index contributed by atoms with van der Waals surface area (Å²) >= 11 is 0. The van der Waals surface area contributed by atoms with Crippen molar-refractivity contribution in [3.8, 4) is 0 Å². The van der Waals surface area contributed by atoms with Gasteiger partial charge in [0.2, 0.25) is 0 Å². The third-order valence-corrected chi connectivity index (χ3v) is 2.35. The largest absolute Gasteiger partial charge is 0.398 e. The molecule has 0 amide bonds. The number of nitrogens with zero attached hydrogens (tertiary/aromatic N) is 1. The number of hydrogen-bond acceptors (Lipinski definition) is 1. The van der Waals surface area contributed by atoms with Crippen LogP contribution in [0.3, 0.4) is 0 Å². The van der Waals surface area contributed by atoms with E-state index >= 15 is 0 Å². The molecule has 2 aromatic rings. The second kappa shape index (κ2) is 4.17. The molecule has 0 saturated heterocycles. The van der Waals surface area contributed by atoms with E-state index in [9.17, 15) is 4.39 Å². The van der Waals surface area contributed by atoms with Gasteiger partial charge in [-0.25, -0.2) is 4.39 Å². The molecule has 2 N–H and O–H groups in total. The summed E-state index contributed by atoms with van der Waals surface area (Å²) in [5.41, 5.74) is 7.50. The predicted octanol–water partition coefficient (Wildman–Crippen LogP) is 2.45. The lowest BCUT2D eigenvalue weighted by atomic mass is 10.1. The van der Waals surface area contributed by atoms with Crippen LogP contribution in [0.2, 0.25) is 0 Å². The number of benzene rings is 1. The minimum atomic E-state index is -0.191. The van der Waals surface area contributed by atoms with Crippen molar-refractivity contribution in [1.82, 2.24) is 4.57 Å². The van der Waals surface area contributed by atoms with E-state index in [2.05, 4.69) is 0 Å². The Morgan fingerprint density at radius 2 is 1.87 bits per heavy atom. The number of anilines is 1. The van der Waals surface area contributed by atoms with Crippen molar-refractivity contribution in [1.29, 1.82) is 0 Å². The molecule has 1 heterocycles. The lowest BCUT2D eigenvalue weighted by Crippen LogP contribution is -1.98. The fourth-order valence-electron chi connectivity index (χ4n) is 1.51. The van der Waals surface area contributed by atoms with E-state index in [1.807, 2.05) is 35.2 Å². The number of nitrogens with two attached hydrogens (primary N) is 1. The van der Waals surface area contributed by atoms with Crippen molar-refractivity contribution >= 4 is 5.69 Å². The van der Waals surface area contributed by atoms with E-state index in [1.54, 1.807) is 0 Å². The summed E-state index contributed by atoms with van der Waals surface area (Å²) in [5.74, 6) is -0.191. The quantitative estimate of drug-likeness (QED) is 0.818. The van der Waals surface area contributed by atoms with Crippen LogP contribution in [-0.2, 0) is 13.0 Å². The minimum Gasteiger partial charge on any atom is -0.398 e. The Kier molecular flexibility index (Phi) is 2.72. The lowest BCUT2D eigenvalue weighted by Gasteiger charge is -2.02. The van der Waals surface area contributed by atoms with Gasteiger partial charge in [-0.1, -0.05) is 12.1 Å². The Balaban J connectivity index is 1.96. The molecule has 0 radical (unpaired) electrons. The molecule has 15 heavy (non-hydrogen) atoms. The fourth-order valence-corrected chi connectivity index (χ4v) is 1.51. The highest BCUT2D eigenvalue weighted by Gasteiger charge is 1.96. The highest BCUT2D eigenvalue weighted by atomic mass is 19.1. The van der Waals surface area contributed by atoms with Gasteiger partial charge in [0, 0.05) is 24.6 Å². The molecule has 0 spiro atoms. The predicted molar refractivity (Wildman–Crippen MR) is 58.9 cm³/mol. The molecule has 3 heteroatoms. The SMILES string of the molecule is Nc1ccn(CCc2ccc(F)cc2)c1. The first-order valence-electron chi connectivity index (χ1n) is 4.90. The van der Waals surface area contributed by atoms with Crippen LogP contribution in [0.1, 0.15) is 5.56 Å². The molecule has 0 aliphatic heterocycles. The molecule has 2 rings (SSSR count). The summed E-state index contributed by atoms with van der Waals surface area (Å²) in [6.07, 6.45) is 4.72. The van der Waals surface area contributed by atoms with Crippen LogP contribution < -0.4 is 5.73 Å². The Morgan fingerprint density at radius 3 is 2.47 bits per heavy atom. The van der Waals surface area contributed by atoms with Gasteiger partial charge in [-0.15, -0.1) is 0 Å². The minimum absolute atomic E-state index is 0.191. The number of aromatic nitrogens is 1. The van der Waals surface area contributed by atoms with Crippen molar-refractivity contribution in [3.05, 3.63) is 54.1 Å². The fraction of sp³-hybridized carbons (Fsp3) is 0.167. The number of nitrogen functional groups attached to an aromatic ring is 1. The summed E-state index contributed by atoms with van der Waals surface area (Å²) < 4.78 is 14.7. The molecule has 0 aliphatic rings. The zero-order valence-corrected chi connectivity index (χ0v) is 8.36. The second-order valence-electron chi connectivity index (χ2n) is 3.56. The van der Waals surface area contributed by atoms with Crippen LogP contribution in [0.5, 0.6) is 0 Å². The normalized spacial score (nSPS) is 10.5. The molecule has 0 bridgehead atoms. The third-order valence-electron chi connectivity index (χ3n) is 2.35. The molecular weight excluding hydrogens is 191 g/mol. The number of halogens is 1. The van der Waals surface area contributed by atoms with Crippen molar-refractivity contribution in [3.63, 3.8) is 0 Å². The zero-order valence-electron chi connectivity index (χ0n) is 8.36. The van der Waals surface area contributed by atoms with E-state index in [0.717, 1.165) is 24.2 Å². The molecule has 2 nitrogen and oxygen atoms in total. The highest BCUT2D eigenvalue weighted by Crippen LogP contribution is 2.07.